The highest BCUT2D eigenvalue weighted by Crippen LogP contribution is 2.57. The molecule has 4 aliphatic rings. The second-order valence-electron chi connectivity index (χ2n) is 8.47. The van der Waals surface area contributed by atoms with E-state index in [1.165, 1.54) is 58.0 Å². The Hall–Kier alpha value is -0.0800. The second-order valence-corrected chi connectivity index (χ2v) is 8.47. The van der Waals surface area contributed by atoms with Crippen molar-refractivity contribution in [1.82, 2.24) is 15.5 Å². The number of likely N-dealkylation sites (tertiary alicyclic amines) is 1. The van der Waals surface area contributed by atoms with Crippen LogP contribution in [0.15, 0.2) is 4.99 Å². The third-order valence-corrected chi connectivity index (χ3v) is 7.00. The van der Waals surface area contributed by atoms with E-state index in [1.807, 2.05) is 0 Å². The molecular formula is C20H37IN4O. The van der Waals surface area contributed by atoms with Gasteiger partial charge in [0.2, 0.25) is 0 Å². The first-order chi connectivity index (χ1) is 12.2. The van der Waals surface area contributed by atoms with E-state index in [0.29, 0.717) is 23.6 Å². The van der Waals surface area contributed by atoms with Gasteiger partial charge < -0.3 is 20.3 Å². The molecule has 4 fully saturated rings. The molecule has 2 atom stereocenters. The molecule has 3 saturated carbocycles. The molecule has 5 nitrogen and oxygen atoms in total. The van der Waals surface area contributed by atoms with Crippen molar-refractivity contribution >= 4 is 29.9 Å². The van der Waals surface area contributed by atoms with Crippen molar-refractivity contribution in [3.8, 4) is 0 Å². The highest BCUT2D eigenvalue weighted by Gasteiger charge is 2.59. The van der Waals surface area contributed by atoms with Gasteiger partial charge in [0.25, 0.3) is 0 Å². The van der Waals surface area contributed by atoms with Gasteiger partial charge in [0.15, 0.2) is 5.96 Å². The fraction of sp³-hybridized carbons (Fsp3) is 0.950. The lowest BCUT2D eigenvalue weighted by molar-refractivity contribution is -0.168. The van der Waals surface area contributed by atoms with Crippen LogP contribution in [0.2, 0.25) is 0 Å². The predicted octanol–water partition coefficient (Wildman–Crippen LogP) is 3.13. The van der Waals surface area contributed by atoms with E-state index in [4.69, 9.17) is 9.73 Å². The van der Waals surface area contributed by atoms with Crippen LogP contribution < -0.4 is 10.6 Å². The maximum Gasteiger partial charge on any atom is 0.191 e. The van der Waals surface area contributed by atoms with Crippen molar-refractivity contribution in [2.24, 2.45) is 10.4 Å². The Bertz CT molecular complexity index is 484. The molecule has 1 saturated heterocycles. The average molecular weight is 476 g/mol. The summed E-state index contributed by atoms with van der Waals surface area (Å²) >= 11 is 0. The molecule has 0 amide bonds. The number of rotatable bonds is 6. The molecule has 1 aliphatic heterocycles. The highest BCUT2D eigenvalue weighted by molar-refractivity contribution is 14.0. The first-order valence-corrected chi connectivity index (χ1v) is 10.7. The van der Waals surface area contributed by atoms with Crippen LogP contribution in [-0.2, 0) is 4.74 Å². The molecule has 2 N–H and O–H groups in total. The number of guanidine groups is 1. The Kier molecular flexibility index (Phi) is 7.11. The van der Waals surface area contributed by atoms with Gasteiger partial charge >= 0.3 is 0 Å². The summed E-state index contributed by atoms with van der Waals surface area (Å²) in [5.74, 6) is 1.04. The van der Waals surface area contributed by atoms with Crippen molar-refractivity contribution in [2.75, 3.05) is 26.2 Å². The molecule has 1 spiro atoms. The average Bonchev–Trinajstić information content (AvgIpc) is 3.38. The second kappa shape index (κ2) is 8.95. The van der Waals surface area contributed by atoms with E-state index in [1.54, 1.807) is 0 Å². The minimum atomic E-state index is 0. The maximum atomic E-state index is 5.99. The Labute approximate surface area is 176 Å². The smallest absolute Gasteiger partial charge is 0.191 e. The standard InChI is InChI=1S/C20H36N4O.HI/c1-3-21-19(22-15-8-12-24(13-9-15)16-6-7-16)23-17-14-18(25-4-2)20(17)10-5-11-20;/h15-18H,3-14H2,1-2H3,(H2,21,22,23);1H. The third-order valence-electron chi connectivity index (χ3n) is 7.00. The summed E-state index contributed by atoms with van der Waals surface area (Å²) in [7, 11) is 0. The van der Waals surface area contributed by atoms with Gasteiger partial charge in [-0.25, -0.2) is 0 Å². The first kappa shape index (κ1) is 20.6. The minimum absolute atomic E-state index is 0. The van der Waals surface area contributed by atoms with Crippen LogP contribution in [0.25, 0.3) is 0 Å². The number of hydrogen-bond donors (Lipinski definition) is 2. The molecule has 4 rings (SSSR count). The molecule has 2 unspecified atom stereocenters. The monoisotopic (exact) mass is 476 g/mol. The van der Waals surface area contributed by atoms with Gasteiger partial charge in [-0.15, -0.1) is 24.0 Å². The van der Waals surface area contributed by atoms with Crippen LogP contribution >= 0.6 is 24.0 Å². The van der Waals surface area contributed by atoms with Crippen LogP contribution in [0.4, 0.5) is 0 Å². The van der Waals surface area contributed by atoms with Gasteiger partial charge in [0.1, 0.15) is 0 Å². The Morgan fingerprint density at radius 1 is 1.12 bits per heavy atom. The van der Waals surface area contributed by atoms with Crippen molar-refractivity contribution < 1.29 is 4.74 Å². The number of piperidine rings is 1. The summed E-state index contributed by atoms with van der Waals surface area (Å²) in [5.41, 5.74) is 0.390. The van der Waals surface area contributed by atoms with E-state index < -0.39 is 0 Å². The summed E-state index contributed by atoms with van der Waals surface area (Å²) in [6.45, 7) is 8.43. The van der Waals surface area contributed by atoms with E-state index in [-0.39, 0.29) is 24.0 Å². The predicted molar refractivity (Wildman–Crippen MR) is 117 cm³/mol. The Balaban J connectivity index is 0.00000196. The number of ether oxygens (including phenoxy) is 1. The molecule has 3 aliphatic carbocycles. The summed E-state index contributed by atoms with van der Waals surface area (Å²) < 4.78 is 5.99. The summed E-state index contributed by atoms with van der Waals surface area (Å²) in [5, 5.41) is 7.51. The minimum Gasteiger partial charge on any atom is -0.378 e. The molecule has 1 heterocycles. The Morgan fingerprint density at radius 2 is 1.85 bits per heavy atom. The molecule has 0 aromatic carbocycles. The van der Waals surface area contributed by atoms with Gasteiger partial charge in [-0.05, 0) is 58.8 Å². The van der Waals surface area contributed by atoms with Crippen molar-refractivity contribution in [3.63, 3.8) is 0 Å². The summed E-state index contributed by atoms with van der Waals surface area (Å²) in [6, 6.07) is 2.03. The number of hydrogen-bond acceptors (Lipinski definition) is 3. The lowest BCUT2D eigenvalue weighted by Crippen LogP contribution is -2.69. The molecule has 0 bridgehead atoms. The van der Waals surface area contributed by atoms with Crippen molar-refractivity contribution in [3.05, 3.63) is 0 Å². The zero-order valence-electron chi connectivity index (χ0n) is 16.5. The molecule has 0 radical (unpaired) electrons. The van der Waals surface area contributed by atoms with Crippen LogP contribution in [0.5, 0.6) is 0 Å². The fourth-order valence-corrected chi connectivity index (χ4v) is 5.14. The van der Waals surface area contributed by atoms with Crippen molar-refractivity contribution in [2.45, 2.75) is 89.4 Å². The quantitative estimate of drug-likeness (QED) is 0.352. The van der Waals surface area contributed by atoms with Crippen LogP contribution in [0, 0.1) is 5.41 Å². The number of aliphatic imine (C=N–C) groups is 1. The van der Waals surface area contributed by atoms with Gasteiger partial charge in [-0.2, -0.15) is 0 Å². The van der Waals surface area contributed by atoms with E-state index >= 15 is 0 Å². The zero-order chi connectivity index (χ0) is 17.3. The SMILES string of the molecule is CCN=C(NC1CCN(C2CC2)CC1)NC1CC(OCC)C12CCC2.I. The van der Waals surface area contributed by atoms with E-state index in [0.717, 1.165) is 31.6 Å². The molecule has 0 aromatic rings. The van der Waals surface area contributed by atoms with Crippen molar-refractivity contribution in [1.29, 1.82) is 0 Å². The first-order valence-electron chi connectivity index (χ1n) is 10.7. The lowest BCUT2D eigenvalue weighted by Gasteiger charge is -2.61. The Morgan fingerprint density at radius 3 is 2.38 bits per heavy atom. The van der Waals surface area contributed by atoms with Gasteiger partial charge in [0.05, 0.1) is 6.10 Å². The van der Waals surface area contributed by atoms with Crippen LogP contribution in [0.3, 0.4) is 0 Å². The maximum absolute atomic E-state index is 5.99. The normalized spacial score (nSPS) is 31.7. The number of nitrogens with zero attached hydrogens (tertiary/aromatic N) is 2. The molecule has 150 valence electrons. The van der Waals surface area contributed by atoms with E-state index in [9.17, 15) is 0 Å². The van der Waals surface area contributed by atoms with E-state index in [2.05, 4.69) is 29.4 Å². The number of halogens is 1. The molecular weight excluding hydrogens is 439 g/mol. The van der Waals surface area contributed by atoms with Crippen LogP contribution in [-0.4, -0.2) is 61.3 Å². The third kappa shape index (κ3) is 4.17. The van der Waals surface area contributed by atoms with Gasteiger partial charge in [-0.3, -0.25) is 4.99 Å². The van der Waals surface area contributed by atoms with Gasteiger partial charge in [0, 0.05) is 49.8 Å². The summed E-state index contributed by atoms with van der Waals surface area (Å²) in [4.78, 5) is 7.43. The summed E-state index contributed by atoms with van der Waals surface area (Å²) in [6.07, 6.45) is 10.9. The zero-order valence-corrected chi connectivity index (χ0v) is 18.8. The highest BCUT2D eigenvalue weighted by atomic mass is 127. The fourth-order valence-electron chi connectivity index (χ4n) is 5.14. The topological polar surface area (TPSA) is 48.9 Å². The number of nitrogens with one attached hydrogen (secondary N) is 2. The van der Waals surface area contributed by atoms with Crippen LogP contribution in [0.1, 0.15) is 65.2 Å². The van der Waals surface area contributed by atoms with Gasteiger partial charge in [-0.1, -0.05) is 6.42 Å². The largest absolute Gasteiger partial charge is 0.378 e. The molecule has 6 heteroatoms. The molecule has 26 heavy (non-hydrogen) atoms. The molecule has 0 aromatic heterocycles. The lowest BCUT2D eigenvalue weighted by atomic mass is 9.51.